The fourth-order valence-electron chi connectivity index (χ4n) is 1.25. The highest BCUT2D eigenvalue weighted by Gasteiger charge is 2.18. The number of benzene rings is 1. The Balaban J connectivity index is 2.40. The van der Waals surface area contributed by atoms with Crippen molar-refractivity contribution in [3.63, 3.8) is 0 Å². The Morgan fingerprint density at radius 3 is 2.83 bits per heavy atom. The molecule has 6 nitrogen and oxygen atoms in total. The standard InChI is InChI=1S/C10H7N3O3S2/c11-9(14)6-1-2-8(7(5-6)13(15)16)18-10-12-3-4-17-10/h1-5H,(H2,11,14). The van der Waals surface area contributed by atoms with Crippen molar-refractivity contribution in [1.29, 1.82) is 0 Å². The first-order chi connectivity index (χ1) is 8.58. The average molecular weight is 281 g/mol. The Morgan fingerprint density at radius 1 is 1.50 bits per heavy atom. The second-order valence-corrected chi connectivity index (χ2v) is 5.39. The van der Waals surface area contributed by atoms with E-state index in [-0.39, 0.29) is 11.3 Å². The number of hydrogen-bond acceptors (Lipinski definition) is 6. The number of aromatic nitrogens is 1. The van der Waals surface area contributed by atoms with Gasteiger partial charge >= 0.3 is 0 Å². The van der Waals surface area contributed by atoms with E-state index >= 15 is 0 Å². The molecule has 0 unspecified atom stereocenters. The SMILES string of the molecule is NC(=O)c1ccc(Sc2nccs2)c([N+](=O)[O-])c1. The van der Waals surface area contributed by atoms with Gasteiger partial charge in [-0.05, 0) is 12.1 Å². The van der Waals surface area contributed by atoms with Gasteiger partial charge in [-0.2, -0.15) is 0 Å². The number of hydrogen-bond donors (Lipinski definition) is 1. The fourth-order valence-corrected chi connectivity index (χ4v) is 2.92. The molecular weight excluding hydrogens is 274 g/mol. The summed E-state index contributed by atoms with van der Waals surface area (Å²) >= 11 is 2.57. The Hall–Kier alpha value is -1.93. The Kier molecular flexibility index (Phi) is 3.58. The zero-order valence-corrected chi connectivity index (χ0v) is 10.5. The van der Waals surface area contributed by atoms with Crippen LogP contribution in [0.5, 0.6) is 0 Å². The van der Waals surface area contributed by atoms with Gasteiger partial charge in [0.1, 0.15) is 0 Å². The number of carbonyl (C=O) groups is 1. The van der Waals surface area contributed by atoms with E-state index in [1.54, 1.807) is 11.6 Å². The maximum atomic E-state index is 11.0. The lowest BCUT2D eigenvalue weighted by molar-refractivity contribution is -0.387. The summed E-state index contributed by atoms with van der Waals surface area (Å²) in [4.78, 5) is 25.9. The van der Waals surface area contributed by atoms with Crippen molar-refractivity contribution < 1.29 is 9.72 Å². The molecule has 92 valence electrons. The van der Waals surface area contributed by atoms with Crippen molar-refractivity contribution >= 4 is 34.7 Å². The summed E-state index contributed by atoms with van der Waals surface area (Å²) in [6, 6.07) is 4.15. The molecule has 1 aromatic heterocycles. The van der Waals surface area contributed by atoms with Gasteiger partial charge in [-0.25, -0.2) is 4.98 Å². The van der Waals surface area contributed by atoms with E-state index in [0.29, 0.717) is 9.24 Å². The summed E-state index contributed by atoms with van der Waals surface area (Å²) < 4.78 is 0.699. The van der Waals surface area contributed by atoms with Gasteiger partial charge in [-0.1, -0.05) is 11.8 Å². The van der Waals surface area contributed by atoms with Gasteiger partial charge in [0.05, 0.1) is 9.82 Å². The lowest BCUT2D eigenvalue weighted by Crippen LogP contribution is -2.11. The van der Waals surface area contributed by atoms with Gasteiger partial charge in [-0.3, -0.25) is 14.9 Å². The van der Waals surface area contributed by atoms with Crippen LogP contribution in [-0.2, 0) is 0 Å². The molecule has 0 spiro atoms. The summed E-state index contributed by atoms with van der Waals surface area (Å²) in [5, 5.41) is 12.7. The number of primary amides is 1. The number of carbonyl (C=O) groups excluding carboxylic acids is 1. The summed E-state index contributed by atoms with van der Waals surface area (Å²) in [5.74, 6) is -0.691. The predicted octanol–water partition coefficient (Wildman–Crippen LogP) is 2.30. The maximum Gasteiger partial charge on any atom is 0.284 e. The number of nitrogens with two attached hydrogens (primary N) is 1. The molecule has 18 heavy (non-hydrogen) atoms. The van der Waals surface area contributed by atoms with Crippen molar-refractivity contribution in [3.8, 4) is 0 Å². The van der Waals surface area contributed by atoms with Crippen LogP contribution < -0.4 is 5.73 Å². The molecule has 0 fully saturated rings. The largest absolute Gasteiger partial charge is 0.366 e. The van der Waals surface area contributed by atoms with Crippen LogP contribution in [0.15, 0.2) is 39.0 Å². The van der Waals surface area contributed by atoms with Crippen molar-refractivity contribution in [3.05, 3.63) is 45.5 Å². The Bertz CT molecular complexity index is 598. The minimum Gasteiger partial charge on any atom is -0.366 e. The number of nitro groups is 1. The number of thiazole rings is 1. The van der Waals surface area contributed by atoms with Crippen LogP contribution in [0.2, 0.25) is 0 Å². The number of nitrogens with zero attached hydrogens (tertiary/aromatic N) is 2. The van der Waals surface area contributed by atoms with Crippen LogP contribution in [-0.4, -0.2) is 15.8 Å². The Morgan fingerprint density at radius 2 is 2.28 bits per heavy atom. The monoisotopic (exact) mass is 281 g/mol. The van der Waals surface area contributed by atoms with Gasteiger partial charge in [0.2, 0.25) is 5.91 Å². The van der Waals surface area contributed by atoms with E-state index in [1.807, 2.05) is 0 Å². The normalized spacial score (nSPS) is 10.2. The molecule has 0 aliphatic rings. The molecule has 1 aromatic carbocycles. The fraction of sp³-hybridized carbons (Fsp3) is 0. The molecule has 2 N–H and O–H groups in total. The van der Waals surface area contributed by atoms with Crippen molar-refractivity contribution in [2.45, 2.75) is 9.24 Å². The minimum absolute atomic E-state index is 0.116. The third-order valence-corrected chi connectivity index (χ3v) is 4.00. The third-order valence-electron chi connectivity index (χ3n) is 2.05. The summed E-state index contributed by atoms with van der Waals surface area (Å²) in [6.45, 7) is 0. The topological polar surface area (TPSA) is 99.1 Å². The maximum absolute atomic E-state index is 11.0. The highest BCUT2D eigenvalue weighted by atomic mass is 32.2. The van der Waals surface area contributed by atoms with E-state index in [1.165, 1.54) is 41.3 Å². The first-order valence-corrected chi connectivity index (χ1v) is 6.43. The van der Waals surface area contributed by atoms with Crippen molar-refractivity contribution in [2.24, 2.45) is 5.73 Å². The molecule has 1 heterocycles. The van der Waals surface area contributed by atoms with Crippen molar-refractivity contribution in [1.82, 2.24) is 4.98 Å². The lowest BCUT2D eigenvalue weighted by atomic mass is 10.2. The highest BCUT2D eigenvalue weighted by molar-refractivity contribution is 8.01. The highest BCUT2D eigenvalue weighted by Crippen LogP contribution is 2.36. The van der Waals surface area contributed by atoms with Gasteiger partial charge in [0.15, 0.2) is 4.34 Å². The predicted molar refractivity (Wildman–Crippen MR) is 67.9 cm³/mol. The first-order valence-electron chi connectivity index (χ1n) is 4.73. The van der Waals surface area contributed by atoms with E-state index < -0.39 is 10.8 Å². The molecule has 0 saturated carbocycles. The lowest BCUT2D eigenvalue weighted by Gasteiger charge is -2.02. The second-order valence-electron chi connectivity index (χ2n) is 3.20. The molecule has 2 aromatic rings. The molecule has 0 radical (unpaired) electrons. The van der Waals surface area contributed by atoms with Crippen LogP contribution in [0.1, 0.15) is 10.4 Å². The van der Waals surface area contributed by atoms with Crippen LogP contribution in [0, 0.1) is 10.1 Å². The number of amides is 1. The molecular formula is C10H7N3O3S2. The smallest absolute Gasteiger partial charge is 0.284 e. The molecule has 1 amide bonds. The van der Waals surface area contributed by atoms with Crippen molar-refractivity contribution in [2.75, 3.05) is 0 Å². The van der Waals surface area contributed by atoms with Crippen LogP contribution >= 0.6 is 23.1 Å². The van der Waals surface area contributed by atoms with Crippen LogP contribution in [0.3, 0.4) is 0 Å². The number of nitro benzene ring substituents is 1. The van der Waals surface area contributed by atoms with Crippen LogP contribution in [0.4, 0.5) is 5.69 Å². The molecule has 0 aliphatic heterocycles. The van der Waals surface area contributed by atoms with Crippen LogP contribution in [0.25, 0.3) is 0 Å². The molecule has 0 bridgehead atoms. The van der Waals surface area contributed by atoms with E-state index in [4.69, 9.17) is 5.73 Å². The average Bonchev–Trinajstić information content (AvgIpc) is 2.81. The summed E-state index contributed by atoms with van der Waals surface area (Å²) in [7, 11) is 0. The van der Waals surface area contributed by atoms with E-state index in [9.17, 15) is 14.9 Å². The first kappa shape index (κ1) is 12.5. The zero-order valence-electron chi connectivity index (χ0n) is 8.90. The van der Waals surface area contributed by atoms with E-state index in [0.717, 1.165) is 0 Å². The number of rotatable bonds is 4. The summed E-state index contributed by atoms with van der Waals surface area (Å²) in [6.07, 6.45) is 1.62. The third kappa shape index (κ3) is 2.66. The quantitative estimate of drug-likeness (QED) is 0.684. The van der Waals surface area contributed by atoms with Gasteiger partial charge in [0.25, 0.3) is 5.69 Å². The molecule has 0 saturated heterocycles. The minimum atomic E-state index is -0.691. The summed E-state index contributed by atoms with van der Waals surface area (Å²) in [5.41, 5.74) is 5.06. The zero-order chi connectivity index (χ0) is 13.1. The molecule has 8 heteroatoms. The molecule has 0 atom stereocenters. The van der Waals surface area contributed by atoms with Gasteiger partial charge < -0.3 is 5.73 Å². The Labute approximate surface area is 110 Å². The van der Waals surface area contributed by atoms with E-state index in [2.05, 4.69) is 4.98 Å². The molecule has 0 aliphatic carbocycles. The van der Waals surface area contributed by atoms with Gasteiger partial charge in [-0.15, -0.1) is 11.3 Å². The van der Waals surface area contributed by atoms with Gasteiger partial charge in [0, 0.05) is 23.2 Å². The molecule has 2 rings (SSSR count). The second kappa shape index (κ2) is 5.15.